The molecule has 3 heterocycles. The molecule has 1 atom stereocenters. The second kappa shape index (κ2) is 12.0. The van der Waals surface area contributed by atoms with E-state index in [0.29, 0.717) is 52.4 Å². The summed E-state index contributed by atoms with van der Waals surface area (Å²) in [5.74, 6) is -0.470. The lowest BCUT2D eigenvalue weighted by molar-refractivity contribution is -0.0589. The van der Waals surface area contributed by atoms with Crippen LogP contribution >= 0.6 is 0 Å². The first-order valence-electron chi connectivity index (χ1n) is 13.7. The molecule has 0 saturated carbocycles. The average Bonchev–Trinajstić information content (AvgIpc) is 3.34. The molecule has 216 valence electrons. The van der Waals surface area contributed by atoms with Crippen LogP contribution in [0.25, 0.3) is 27.1 Å². The van der Waals surface area contributed by atoms with Crippen molar-refractivity contribution in [1.82, 2.24) is 14.5 Å². The average molecular weight is 581 g/mol. The van der Waals surface area contributed by atoms with E-state index in [1.54, 1.807) is 48.5 Å². The minimum absolute atomic E-state index is 0.0281. The highest BCUT2D eigenvalue weighted by molar-refractivity contribution is 5.93. The van der Waals surface area contributed by atoms with E-state index in [1.165, 1.54) is 25.3 Å². The second-order valence-corrected chi connectivity index (χ2v) is 10.1. The Balaban J connectivity index is 1.23. The Morgan fingerprint density at radius 2 is 1.86 bits per heavy atom. The number of carbonyl (C=O) groups is 1. The maximum atomic E-state index is 15.5. The summed E-state index contributed by atoms with van der Waals surface area (Å²) in [6.07, 6.45) is 1.17. The SMILES string of the molecule is [C-]#[N+]c1ccc(COc2cccc(-c3ccc(Cc4nc5ccc(C(=O)OC)cc5n4C[C@@H]4CCO4)c(F)c3)n2)c(F)c1. The van der Waals surface area contributed by atoms with Crippen molar-refractivity contribution in [3.05, 3.63) is 118 Å². The van der Waals surface area contributed by atoms with Gasteiger partial charge in [-0.3, -0.25) is 0 Å². The molecule has 1 fully saturated rings. The number of aromatic nitrogens is 3. The minimum atomic E-state index is -0.528. The molecule has 2 aromatic heterocycles. The van der Waals surface area contributed by atoms with Crippen LogP contribution in [0.3, 0.4) is 0 Å². The van der Waals surface area contributed by atoms with E-state index < -0.39 is 17.6 Å². The molecular weight excluding hydrogens is 554 g/mol. The van der Waals surface area contributed by atoms with Gasteiger partial charge in [-0.2, -0.15) is 0 Å². The molecule has 1 saturated heterocycles. The number of nitrogens with zero attached hydrogens (tertiary/aromatic N) is 4. The summed E-state index contributed by atoms with van der Waals surface area (Å²) in [6.45, 7) is 8.17. The number of fused-ring (bicyclic) bond motifs is 1. The number of carbonyl (C=O) groups excluding carboxylic acids is 1. The number of methoxy groups -OCH3 is 1. The van der Waals surface area contributed by atoms with Crippen LogP contribution in [-0.2, 0) is 29.0 Å². The lowest BCUT2D eigenvalue weighted by Crippen LogP contribution is -2.31. The second-order valence-electron chi connectivity index (χ2n) is 10.1. The van der Waals surface area contributed by atoms with Crippen LogP contribution in [0.5, 0.6) is 5.88 Å². The highest BCUT2D eigenvalue weighted by atomic mass is 19.1. The largest absolute Gasteiger partial charge is 0.473 e. The Kier molecular flexibility index (Phi) is 7.81. The zero-order chi connectivity index (χ0) is 29.9. The number of rotatable bonds is 9. The number of ether oxygens (including phenoxy) is 3. The highest BCUT2D eigenvalue weighted by Gasteiger charge is 2.23. The normalized spacial score (nSPS) is 14.2. The van der Waals surface area contributed by atoms with Crippen LogP contribution in [-0.4, -0.2) is 40.3 Å². The van der Waals surface area contributed by atoms with Crippen molar-refractivity contribution in [1.29, 1.82) is 0 Å². The Bertz CT molecular complexity index is 1880. The van der Waals surface area contributed by atoms with E-state index in [2.05, 4.69) is 9.83 Å². The molecule has 6 rings (SSSR count). The van der Waals surface area contributed by atoms with Crippen molar-refractivity contribution < 1.29 is 27.8 Å². The quantitative estimate of drug-likeness (QED) is 0.143. The number of halogens is 2. The van der Waals surface area contributed by atoms with E-state index >= 15 is 4.39 Å². The van der Waals surface area contributed by atoms with Crippen LogP contribution in [0.1, 0.15) is 33.7 Å². The first kappa shape index (κ1) is 28.0. The van der Waals surface area contributed by atoms with Crippen LogP contribution in [0, 0.1) is 18.2 Å². The Morgan fingerprint density at radius 1 is 1.05 bits per heavy atom. The third-order valence-electron chi connectivity index (χ3n) is 7.39. The van der Waals surface area contributed by atoms with Gasteiger partial charge < -0.3 is 18.8 Å². The summed E-state index contributed by atoms with van der Waals surface area (Å²) in [5.41, 5.74) is 3.88. The van der Waals surface area contributed by atoms with Gasteiger partial charge in [-0.1, -0.05) is 30.3 Å². The fraction of sp³-hybridized carbons (Fsp3) is 0.212. The first-order valence-corrected chi connectivity index (χ1v) is 13.7. The third kappa shape index (κ3) is 5.94. The van der Waals surface area contributed by atoms with Crippen LogP contribution in [0.2, 0.25) is 0 Å². The minimum Gasteiger partial charge on any atom is -0.473 e. The number of hydrogen-bond donors (Lipinski definition) is 0. The van der Waals surface area contributed by atoms with Crippen molar-refractivity contribution in [2.45, 2.75) is 32.1 Å². The predicted molar refractivity (Wildman–Crippen MR) is 155 cm³/mol. The molecule has 3 aromatic carbocycles. The monoisotopic (exact) mass is 580 g/mol. The fourth-order valence-electron chi connectivity index (χ4n) is 4.94. The van der Waals surface area contributed by atoms with Gasteiger partial charge in [0.1, 0.15) is 24.1 Å². The zero-order valence-electron chi connectivity index (χ0n) is 23.2. The number of imidazole rings is 1. The van der Waals surface area contributed by atoms with Gasteiger partial charge in [0, 0.05) is 30.2 Å². The number of esters is 1. The molecule has 0 N–H and O–H groups in total. The molecule has 1 aliphatic rings. The van der Waals surface area contributed by atoms with Crippen molar-refractivity contribution in [2.75, 3.05) is 13.7 Å². The van der Waals surface area contributed by atoms with E-state index in [4.69, 9.17) is 25.8 Å². The lowest BCUT2D eigenvalue weighted by Gasteiger charge is -2.27. The van der Waals surface area contributed by atoms with E-state index in [-0.39, 0.29) is 30.7 Å². The molecule has 0 bridgehead atoms. The zero-order valence-corrected chi connectivity index (χ0v) is 23.2. The van der Waals surface area contributed by atoms with Crippen molar-refractivity contribution in [3.8, 4) is 17.1 Å². The van der Waals surface area contributed by atoms with Gasteiger partial charge in [-0.25, -0.2) is 28.4 Å². The molecule has 1 aliphatic heterocycles. The number of pyridine rings is 1. The molecule has 0 radical (unpaired) electrons. The van der Waals surface area contributed by atoms with Crippen LogP contribution in [0.15, 0.2) is 72.8 Å². The smallest absolute Gasteiger partial charge is 0.337 e. The third-order valence-corrected chi connectivity index (χ3v) is 7.39. The first-order chi connectivity index (χ1) is 20.9. The standard InChI is InChI=1S/C33H26F2N4O4/c1-36-24-10-8-23(27(35)17-24)19-43-32-5-3-4-28(38-32)21-7-6-20(26(34)14-21)16-31-37-29-11-9-22(33(40)41-2)15-30(29)39(31)18-25-12-13-42-25/h3-11,14-15,17,25H,12-13,16,18-19H2,2H3/t25-/m0/s1. The van der Waals surface area contributed by atoms with E-state index in [9.17, 15) is 9.18 Å². The van der Waals surface area contributed by atoms with Crippen LogP contribution < -0.4 is 4.74 Å². The van der Waals surface area contributed by atoms with Crippen LogP contribution in [0.4, 0.5) is 14.5 Å². The molecule has 10 heteroatoms. The molecule has 0 spiro atoms. The molecule has 0 unspecified atom stereocenters. The topological polar surface area (TPSA) is 79.8 Å². The summed E-state index contributed by atoms with van der Waals surface area (Å²) >= 11 is 0. The van der Waals surface area contributed by atoms with E-state index in [1.807, 2.05) is 4.57 Å². The maximum Gasteiger partial charge on any atom is 0.337 e. The maximum absolute atomic E-state index is 15.5. The fourth-order valence-corrected chi connectivity index (χ4v) is 4.94. The summed E-state index contributed by atoms with van der Waals surface area (Å²) in [6, 6.07) is 19.4. The lowest BCUT2D eigenvalue weighted by atomic mass is 10.1. The highest BCUT2D eigenvalue weighted by Crippen LogP contribution is 2.27. The van der Waals surface area contributed by atoms with Gasteiger partial charge in [0.05, 0.1) is 48.6 Å². The van der Waals surface area contributed by atoms with Crippen molar-refractivity contribution in [3.63, 3.8) is 0 Å². The van der Waals surface area contributed by atoms with Gasteiger partial charge in [0.15, 0.2) is 5.69 Å². The van der Waals surface area contributed by atoms with Crippen molar-refractivity contribution >= 4 is 22.7 Å². The van der Waals surface area contributed by atoms with E-state index in [0.717, 1.165) is 18.0 Å². The van der Waals surface area contributed by atoms with Gasteiger partial charge >= 0.3 is 5.97 Å². The number of hydrogen-bond acceptors (Lipinski definition) is 6. The molecule has 43 heavy (non-hydrogen) atoms. The van der Waals surface area contributed by atoms with Gasteiger partial charge in [0.25, 0.3) is 0 Å². The summed E-state index contributed by atoms with van der Waals surface area (Å²) in [7, 11) is 1.34. The van der Waals surface area contributed by atoms with Gasteiger partial charge in [0.2, 0.25) is 5.88 Å². The summed E-state index contributed by atoms with van der Waals surface area (Å²) in [4.78, 5) is 24.6. The van der Waals surface area contributed by atoms with Gasteiger partial charge in [-0.05, 0) is 48.4 Å². The molecule has 0 amide bonds. The molecule has 0 aliphatic carbocycles. The molecule has 5 aromatic rings. The Hall–Kier alpha value is -5.14. The Morgan fingerprint density at radius 3 is 2.58 bits per heavy atom. The molecule has 8 nitrogen and oxygen atoms in total. The molecular formula is C33H26F2N4O4. The Labute approximate surface area is 246 Å². The van der Waals surface area contributed by atoms with Gasteiger partial charge in [-0.15, -0.1) is 0 Å². The summed E-state index contributed by atoms with van der Waals surface area (Å²) < 4.78 is 47.9. The van der Waals surface area contributed by atoms with Crippen molar-refractivity contribution in [2.24, 2.45) is 0 Å². The summed E-state index contributed by atoms with van der Waals surface area (Å²) in [5, 5.41) is 0. The predicted octanol–water partition coefficient (Wildman–Crippen LogP) is 6.67. The number of benzene rings is 3.